The number of ether oxygens (including phenoxy) is 1. The van der Waals surface area contributed by atoms with Gasteiger partial charge in [-0.2, -0.15) is 0 Å². The van der Waals surface area contributed by atoms with Crippen molar-refractivity contribution in [2.75, 3.05) is 31.6 Å². The van der Waals surface area contributed by atoms with Gasteiger partial charge in [-0.1, -0.05) is 18.2 Å². The molecular weight excluding hydrogens is 319 g/mol. The van der Waals surface area contributed by atoms with E-state index in [0.29, 0.717) is 25.4 Å². The lowest BCUT2D eigenvalue weighted by atomic mass is 10.2. The van der Waals surface area contributed by atoms with E-state index in [1.54, 1.807) is 18.0 Å². The number of benzene rings is 2. The van der Waals surface area contributed by atoms with E-state index in [0.717, 1.165) is 11.3 Å². The predicted octanol–water partition coefficient (Wildman–Crippen LogP) is 3.71. The second-order valence-corrected chi connectivity index (χ2v) is 5.82. The van der Waals surface area contributed by atoms with E-state index in [4.69, 9.17) is 4.74 Å². The van der Waals surface area contributed by atoms with Gasteiger partial charge >= 0.3 is 0 Å². The van der Waals surface area contributed by atoms with Gasteiger partial charge in [-0.3, -0.25) is 4.79 Å². The third-order valence-corrected chi connectivity index (χ3v) is 3.96. The molecule has 0 heterocycles. The summed E-state index contributed by atoms with van der Waals surface area (Å²) < 4.78 is 18.8. The standard InChI is InChI=1S/C20H25FN2O2/c1-4-23(18-8-6-7-17(21)13-18)15-20(24)22(3)14-16-9-11-19(12-10-16)25-5-2/h6-13H,4-5,14-15H2,1-3H3. The van der Waals surface area contributed by atoms with Crippen LogP contribution in [0.5, 0.6) is 5.75 Å². The smallest absolute Gasteiger partial charge is 0.242 e. The van der Waals surface area contributed by atoms with Gasteiger partial charge in [-0.15, -0.1) is 0 Å². The van der Waals surface area contributed by atoms with E-state index in [9.17, 15) is 9.18 Å². The van der Waals surface area contributed by atoms with Crippen LogP contribution in [0.2, 0.25) is 0 Å². The number of amides is 1. The molecule has 2 rings (SSSR count). The van der Waals surface area contributed by atoms with Crippen LogP contribution in [-0.4, -0.2) is 37.6 Å². The number of halogens is 1. The van der Waals surface area contributed by atoms with Crippen molar-refractivity contribution in [2.45, 2.75) is 20.4 Å². The molecule has 2 aromatic rings. The molecule has 0 radical (unpaired) electrons. The Bertz CT molecular complexity index is 688. The fourth-order valence-electron chi connectivity index (χ4n) is 2.56. The largest absolute Gasteiger partial charge is 0.494 e. The minimum atomic E-state index is -0.300. The summed E-state index contributed by atoms with van der Waals surface area (Å²) in [5.74, 6) is 0.509. The van der Waals surface area contributed by atoms with Crippen LogP contribution in [0.25, 0.3) is 0 Å². The van der Waals surface area contributed by atoms with Gasteiger partial charge in [0.25, 0.3) is 0 Å². The Morgan fingerprint density at radius 2 is 1.84 bits per heavy atom. The Kier molecular flexibility index (Phi) is 6.81. The maximum Gasteiger partial charge on any atom is 0.242 e. The number of nitrogens with zero attached hydrogens (tertiary/aromatic N) is 2. The molecule has 1 amide bonds. The number of hydrogen-bond acceptors (Lipinski definition) is 3. The minimum absolute atomic E-state index is 0.0139. The fourth-order valence-corrected chi connectivity index (χ4v) is 2.56. The molecule has 4 nitrogen and oxygen atoms in total. The molecule has 0 spiro atoms. The number of rotatable bonds is 8. The van der Waals surface area contributed by atoms with Crippen molar-refractivity contribution >= 4 is 11.6 Å². The zero-order valence-corrected chi connectivity index (χ0v) is 15.0. The monoisotopic (exact) mass is 344 g/mol. The van der Waals surface area contributed by atoms with Gasteiger partial charge in [0.15, 0.2) is 0 Å². The lowest BCUT2D eigenvalue weighted by molar-refractivity contribution is -0.128. The van der Waals surface area contributed by atoms with Crippen molar-refractivity contribution in [1.29, 1.82) is 0 Å². The van der Waals surface area contributed by atoms with Gasteiger partial charge in [0.05, 0.1) is 13.2 Å². The zero-order valence-electron chi connectivity index (χ0n) is 15.0. The molecule has 5 heteroatoms. The first-order chi connectivity index (χ1) is 12.0. The van der Waals surface area contributed by atoms with Crippen molar-refractivity contribution in [3.8, 4) is 5.75 Å². The summed E-state index contributed by atoms with van der Waals surface area (Å²) in [5, 5.41) is 0. The van der Waals surface area contributed by atoms with Crippen LogP contribution >= 0.6 is 0 Å². The average molecular weight is 344 g/mol. The van der Waals surface area contributed by atoms with E-state index in [2.05, 4.69) is 0 Å². The van der Waals surface area contributed by atoms with Crippen molar-refractivity contribution < 1.29 is 13.9 Å². The Morgan fingerprint density at radius 3 is 2.44 bits per heavy atom. The maximum absolute atomic E-state index is 13.4. The van der Waals surface area contributed by atoms with Gasteiger partial charge in [-0.25, -0.2) is 4.39 Å². The highest BCUT2D eigenvalue weighted by molar-refractivity contribution is 5.81. The number of anilines is 1. The Morgan fingerprint density at radius 1 is 1.12 bits per heavy atom. The normalized spacial score (nSPS) is 10.4. The van der Waals surface area contributed by atoms with E-state index >= 15 is 0 Å². The summed E-state index contributed by atoms with van der Waals surface area (Å²) in [7, 11) is 1.78. The number of carbonyl (C=O) groups excluding carboxylic acids is 1. The highest BCUT2D eigenvalue weighted by atomic mass is 19.1. The van der Waals surface area contributed by atoms with Crippen LogP contribution in [0.3, 0.4) is 0 Å². The molecular formula is C20H25FN2O2. The molecule has 0 aliphatic carbocycles. The second-order valence-electron chi connectivity index (χ2n) is 5.82. The zero-order chi connectivity index (χ0) is 18.2. The van der Waals surface area contributed by atoms with Gasteiger partial charge in [-0.05, 0) is 49.7 Å². The topological polar surface area (TPSA) is 32.8 Å². The van der Waals surface area contributed by atoms with Gasteiger partial charge < -0.3 is 14.5 Å². The first-order valence-corrected chi connectivity index (χ1v) is 8.49. The van der Waals surface area contributed by atoms with Gasteiger partial charge in [0, 0.05) is 25.8 Å². The van der Waals surface area contributed by atoms with Crippen LogP contribution < -0.4 is 9.64 Å². The predicted molar refractivity (Wildman–Crippen MR) is 98.4 cm³/mol. The molecule has 134 valence electrons. The Hall–Kier alpha value is -2.56. The van der Waals surface area contributed by atoms with Crippen LogP contribution in [0.4, 0.5) is 10.1 Å². The van der Waals surface area contributed by atoms with Crippen LogP contribution in [-0.2, 0) is 11.3 Å². The quantitative estimate of drug-likeness (QED) is 0.732. The molecule has 0 bridgehead atoms. The molecule has 0 aliphatic heterocycles. The molecule has 0 fully saturated rings. The third kappa shape index (κ3) is 5.48. The first kappa shape index (κ1) is 18.8. The average Bonchev–Trinajstić information content (AvgIpc) is 2.61. The summed E-state index contributed by atoms with van der Waals surface area (Å²) in [6.07, 6.45) is 0. The Labute approximate surface area is 148 Å². The minimum Gasteiger partial charge on any atom is -0.494 e. The van der Waals surface area contributed by atoms with E-state index < -0.39 is 0 Å². The SMILES string of the molecule is CCOc1ccc(CN(C)C(=O)CN(CC)c2cccc(F)c2)cc1. The number of likely N-dealkylation sites (N-methyl/N-ethyl adjacent to an activating group) is 2. The van der Waals surface area contributed by atoms with Crippen molar-refractivity contribution in [1.82, 2.24) is 4.90 Å². The summed E-state index contributed by atoms with van der Waals surface area (Å²) in [5.41, 5.74) is 1.75. The first-order valence-electron chi connectivity index (χ1n) is 8.49. The molecule has 0 aliphatic rings. The highest BCUT2D eigenvalue weighted by Gasteiger charge is 2.15. The number of carbonyl (C=O) groups is 1. The fraction of sp³-hybridized carbons (Fsp3) is 0.350. The molecule has 0 saturated heterocycles. The lowest BCUT2D eigenvalue weighted by Crippen LogP contribution is -2.38. The van der Waals surface area contributed by atoms with E-state index in [-0.39, 0.29) is 18.3 Å². The van der Waals surface area contributed by atoms with Crippen LogP contribution in [0.1, 0.15) is 19.4 Å². The van der Waals surface area contributed by atoms with Crippen molar-refractivity contribution in [3.63, 3.8) is 0 Å². The molecule has 0 unspecified atom stereocenters. The van der Waals surface area contributed by atoms with Crippen molar-refractivity contribution in [3.05, 3.63) is 59.9 Å². The van der Waals surface area contributed by atoms with Crippen LogP contribution in [0, 0.1) is 5.82 Å². The Balaban J connectivity index is 1.96. The van der Waals surface area contributed by atoms with Gasteiger partial charge in [0.1, 0.15) is 11.6 Å². The molecule has 25 heavy (non-hydrogen) atoms. The summed E-state index contributed by atoms with van der Waals surface area (Å²) >= 11 is 0. The third-order valence-electron chi connectivity index (χ3n) is 3.96. The molecule has 0 saturated carbocycles. The summed E-state index contributed by atoms with van der Waals surface area (Å²) in [4.78, 5) is 16.0. The molecule has 0 N–H and O–H groups in total. The number of hydrogen-bond donors (Lipinski definition) is 0. The van der Waals surface area contributed by atoms with E-state index in [1.807, 2.05) is 49.1 Å². The second kappa shape index (κ2) is 9.06. The maximum atomic E-state index is 13.4. The van der Waals surface area contributed by atoms with Gasteiger partial charge in [0.2, 0.25) is 5.91 Å². The molecule has 0 aromatic heterocycles. The van der Waals surface area contributed by atoms with E-state index in [1.165, 1.54) is 12.1 Å². The highest BCUT2D eigenvalue weighted by Crippen LogP contribution is 2.16. The summed E-state index contributed by atoms with van der Waals surface area (Å²) in [6.45, 7) is 5.89. The van der Waals surface area contributed by atoms with Crippen LogP contribution in [0.15, 0.2) is 48.5 Å². The summed E-state index contributed by atoms with van der Waals surface area (Å²) in [6, 6.07) is 14.0. The van der Waals surface area contributed by atoms with Crippen molar-refractivity contribution in [2.24, 2.45) is 0 Å². The molecule has 2 aromatic carbocycles. The molecule has 0 atom stereocenters. The lowest BCUT2D eigenvalue weighted by Gasteiger charge is -2.26.